The smallest absolute Gasteiger partial charge is 0.609 e. The number of carbonyl (C=O) groups excluding carboxylic acids is 1. The third-order valence-corrected chi connectivity index (χ3v) is 2.49. The van der Waals surface area contributed by atoms with Crippen molar-refractivity contribution in [3.63, 3.8) is 0 Å². The molecule has 1 rings (SSSR count). The summed E-state index contributed by atoms with van der Waals surface area (Å²) < 4.78 is 0. The molecule has 0 fully saturated rings. The van der Waals surface area contributed by atoms with Crippen LogP contribution in [0.3, 0.4) is 0 Å². The monoisotopic (exact) mass is 468 g/mol. The van der Waals surface area contributed by atoms with Crippen molar-refractivity contribution in [3.8, 4) is 0 Å². The molecule has 0 amide bonds. The second kappa shape index (κ2) is 11.5. The minimum absolute atomic E-state index is 0. The van der Waals surface area contributed by atoms with Crippen LogP contribution in [0.15, 0.2) is 35.5 Å². The molecule has 1 radical (unpaired) electrons. The first kappa shape index (κ1) is 22.2. The SMILES string of the molecule is CC(=CO)c1ccccc1N=[C-]N(C)[C-](C)[C-]=O.[V+2].[Yb]. The fraction of sp³-hybridized carbons (Fsp3) is 0.214. The number of allylic oxidation sites excluding steroid dienone is 1. The van der Waals surface area contributed by atoms with Gasteiger partial charge in [-0.25, -0.2) is 0 Å². The van der Waals surface area contributed by atoms with Crippen molar-refractivity contribution in [3.05, 3.63) is 42.1 Å². The van der Waals surface area contributed by atoms with Gasteiger partial charge in [0.05, 0.1) is 6.26 Å². The van der Waals surface area contributed by atoms with Crippen molar-refractivity contribution >= 4 is 23.9 Å². The zero-order valence-electron chi connectivity index (χ0n) is 11.4. The number of aliphatic hydroxyl groups excluding tert-OH is 1. The molecule has 0 atom stereocenters. The van der Waals surface area contributed by atoms with Crippen LogP contribution in [0, 0.1) is 53.0 Å². The van der Waals surface area contributed by atoms with Crippen LogP contribution in [0.1, 0.15) is 19.4 Å². The number of aliphatic hydroxyl groups is 1. The molecule has 4 nitrogen and oxygen atoms in total. The Morgan fingerprint density at radius 2 is 2.05 bits per heavy atom. The van der Waals surface area contributed by atoms with E-state index in [0.29, 0.717) is 17.3 Å². The molecule has 0 aromatic heterocycles. The molecule has 113 valence electrons. The number of hydrogen-bond donors (Lipinski definition) is 1. The fourth-order valence-electron chi connectivity index (χ4n) is 1.25. The van der Waals surface area contributed by atoms with Crippen LogP contribution in [-0.2, 0) is 23.4 Å². The van der Waals surface area contributed by atoms with Crippen LogP contribution >= 0.6 is 0 Å². The van der Waals surface area contributed by atoms with E-state index < -0.39 is 0 Å². The Balaban J connectivity index is 0. The van der Waals surface area contributed by atoms with E-state index in [2.05, 4.69) is 11.3 Å². The quantitative estimate of drug-likeness (QED) is 0.238. The largest absolute Gasteiger partial charge is 2.00 e. The first-order chi connectivity index (χ1) is 8.60. The van der Waals surface area contributed by atoms with Gasteiger partial charge in [0.2, 0.25) is 0 Å². The van der Waals surface area contributed by atoms with Gasteiger partial charge >= 0.3 is 18.6 Å². The van der Waals surface area contributed by atoms with E-state index in [1.54, 1.807) is 27.2 Å². The van der Waals surface area contributed by atoms with Gasteiger partial charge in [-0.3, -0.25) is 0 Å². The molecule has 0 aliphatic carbocycles. The van der Waals surface area contributed by atoms with E-state index in [9.17, 15) is 4.79 Å². The normalized spacial score (nSPS) is 10.4. The molecule has 0 heterocycles. The zero-order chi connectivity index (χ0) is 13.5. The Kier molecular flexibility index (Phi) is 12.8. The summed E-state index contributed by atoms with van der Waals surface area (Å²) in [7, 11) is 1.67. The summed E-state index contributed by atoms with van der Waals surface area (Å²) in [6.07, 6.45) is 5.52. The van der Waals surface area contributed by atoms with Gasteiger partial charge in [0.25, 0.3) is 0 Å². The van der Waals surface area contributed by atoms with E-state index >= 15 is 0 Å². The fourth-order valence-corrected chi connectivity index (χ4v) is 1.25. The molecule has 0 spiro atoms. The number of benzene rings is 1. The Morgan fingerprint density at radius 1 is 1.45 bits per heavy atom. The van der Waals surface area contributed by atoms with Gasteiger partial charge in [-0.2, -0.15) is 6.92 Å². The van der Waals surface area contributed by atoms with Gasteiger partial charge in [-0.05, 0) is 19.5 Å². The third kappa shape index (κ3) is 6.55. The zero-order valence-corrected chi connectivity index (χ0v) is 14.5. The summed E-state index contributed by atoms with van der Waals surface area (Å²) in [5.41, 5.74) is 2.20. The molecule has 1 N–H and O–H groups in total. The van der Waals surface area contributed by atoms with Crippen LogP contribution in [0.4, 0.5) is 5.69 Å². The first-order valence-electron chi connectivity index (χ1n) is 5.42. The van der Waals surface area contributed by atoms with E-state index in [1.165, 1.54) is 4.90 Å². The van der Waals surface area contributed by atoms with Gasteiger partial charge in [-0.15, -0.1) is 12.4 Å². The number of aliphatic imine (C=N–C) groups is 1. The molecular weight excluding hydrogens is 452 g/mol. The summed E-state index contributed by atoms with van der Waals surface area (Å²) in [4.78, 5) is 16.1. The summed E-state index contributed by atoms with van der Waals surface area (Å²) in [5.74, 6) is 0. The minimum atomic E-state index is 0. The average Bonchev–Trinajstić information content (AvgIpc) is 2.43. The first-order valence-corrected chi connectivity index (χ1v) is 5.42. The second-order valence-corrected chi connectivity index (χ2v) is 3.79. The molecule has 0 saturated heterocycles. The standard InChI is InChI=1S/C14H15N2O2.V.Yb/c1-11(8-17)13-6-4-5-7-14(13)15-10-16(3)12(2)9-18;;/h4-8,17H,1-3H3;;/q-3;+2;. The molecule has 0 bridgehead atoms. The maximum absolute atomic E-state index is 10.5. The minimum Gasteiger partial charge on any atom is -0.609 e. The van der Waals surface area contributed by atoms with Crippen LogP contribution in [-0.4, -0.2) is 29.7 Å². The van der Waals surface area contributed by atoms with Gasteiger partial charge in [0, 0.05) is 46.9 Å². The molecule has 1 aromatic rings. The Labute approximate surface area is 170 Å². The molecular formula is C14H15N2O2VYb-. The van der Waals surface area contributed by atoms with Crippen molar-refractivity contribution in [2.24, 2.45) is 4.99 Å². The molecule has 1 aromatic carbocycles. The topological polar surface area (TPSA) is 52.9 Å². The van der Waals surface area contributed by atoms with Crippen molar-refractivity contribution in [1.82, 2.24) is 4.90 Å². The van der Waals surface area contributed by atoms with Crippen LogP contribution in [0.25, 0.3) is 5.57 Å². The summed E-state index contributed by atoms with van der Waals surface area (Å²) >= 11 is 0. The molecule has 6 heteroatoms. The van der Waals surface area contributed by atoms with Gasteiger partial charge < -0.3 is 32.1 Å². The van der Waals surface area contributed by atoms with Crippen LogP contribution < -0.4 is 0 Å². The summed E-state index contributed by atoms with van der Waals surface area (Å²) in [6, 6.07) is 7.76. The van der Waals surface area contributed by atoms with E-state index in [-0.39, 0.29) is 65.5 Å². The molecule has 0 unspecified atom stereocenters. The Morgan fingerprint density at radius 3 is 2.60 bits per heavy atom. The van der Waals surface area contributed by atoms with Crippen LogP contribution in [0.5, 0.6) is 0 Å². The number of para-hydroxylation sites is 1. The van der Waals surface area contributed by atoms with E-state index in [4.69, 9.17) is 5.11 Å². The van der Waals surface area contributed by atoms with Crippen molar-refractivity contribution in [1.29, 1.82) is 0 Å². The summed E-state index contributed by atoms with van der Waals surface area (Å²) in [5, 5.41) is 9.03. The molecule has 0 aliphatic rings. The number of likely N-dealkylation sites (N-methyl/N-ethyl adjacent to an activating group) is 1. The second-order valence-electron chi connectivity index (χ2n) is 3.79. The van der Waals surface area contributed by atoms with Crippen molar-refractivity contribution in [2.75, 3.05) is 7.05 Å². The average molecular weight is 467 g/mol. The van der Waals surface area contributed by atoms with Crippen molar-refractivity contribution < 1.29 is 75.4 Å². The van der Waals surface area contributed by atoms with Gasteiger partial charge in [-0.1, -0.05) is 29.4 Å². The molecule has 0 aliphatic heterocycles. The summed E-state index contributed by atoms with van der Waals surface area (Å²) in [6.45, 7) is 3.41. The molecule has 0 saturated carbocycles. The number of nitrogens with zero attached hydrogens (tertiary/aromatic N) is 2. The number of rotatable bonds is 5. The van der Waals surface area contributed by atoms with E-state index in [0.717, 1.165) is 11.8 Å². The van der Waals surface area contributed by atoms with Gasteiger partial charge in [0.1, 0.15) is 0 Å². The predicted molar refractivity (Wildman–Crippen MR) is 72.2 cm³/mol. The maximum Gasteiger partial charge on any atom is 2.00 e. The number of hydrogen-bond acceptors (Lipinski definition) is 3. The van der Waals surface area contributed by atoms with Crippen LogP contribution in [0.2, 0.25) is 0 Å². The van der Waals surface area contributed by atoms with Gasteiger partial charge in [0.15, 0.2) is 0 Å². The van der Waals surface area contributed by atoms with E-state index in [1.807, 2.05) is 24.3 Å². The maximum atomic E-state index is 10.5. The molecule has 20 heavy (non-hydrogen) atoms. The predicted octanol–water partition coefficient (Wildman–Crippen LogP) is 2.73. The Bertz CT molecular complexity index is 478. The van der Waals surface area contributed by atoms with Crippen molar-refractivity contribution in [2.45, 2.75) is 13.8 Å². The Hall–Kier alpha value is -0.126. The third-order valence-electron chi connectivity index (χ3n) is 2.49.